The van der Waals surface area contributed by atoms with E-state index in [0.29, 0.717) is 13.1 Å². The van der Waals surface area contributed by atoms with E-state index in [0.717, 1.165) is 11.4 Å². The zero-order valence-corrected chi connectivity index (χ0v) is 11.9. The largest absolute Gasteiger partial charge is 0.383 e. The van der Waals surface area contributed by atoms with Crippen molar-refractivity contribution in [1.82, 2.24) is 15.3 Å². The maximum absolute atomic E-state index is 11.8. The van der Waals surface area contributed by atoms with Gasteiger partial charge in [-0.15, -0.1) is 0 Å². The summed E-state index contributed by atoms with van der Waals surface area (Å²) >= 11 is 0. The van der Waals surface area contributed by atoms with Crippen molar-refractivity contribution in [2.45, 2.75) is 6.92 Å². The lowest BCUT2D eigenvalue weighted by molar-refractivity contribution is -0.384. The van der Waals surface area contributed by atoms with Crippen molar-refractivity contribution < 1.29 is 9.72 Å². The molecule has 1 aromatic carbocycles. The van der Waals surface area contributed by atoms with E-state index in [1.807, 2.05) is 0 Å². The number of aromatic nitrogens is 2. The van der Waals surface area contributed by atoms with E-state index in [2.05, 4.69) is 20.6 Å². The van der Waals surface area contributed by atoms with Gasteiger partial charge >= 0.3 is 0 Å². The average molecular weight is 301 g/mol. The maximum atomic E-state index is 11.8. The summed E-state index contributed by atoms with van der Waals surface area (Å²) < 4.78 is 0. The first-order chi connectivity index (χ1) is 10.6. The Labute approximate surface area is 126 Å². The summed E-state index contributed by atoms with van der Waals surface area (Å²) in [5.41, 5.74) is 1.80. The van der Waals surface area contributed by atoms with Gasteiger partial charge in [-0.3, -0.25) is 19.9 Å². The molecule has 1 aromatic heterocycles. The standard InChI is InChI=1S/C14H15N5O3/c1-10-8-18-13(9-17-10)14(20)16-7-6-15-11-2-4-12(5-3-11)19(21)22/h2-5,8-9,15H,6-7H2,1H3,(H,16,20). The molecule has 0 aliphatic heterocycles. The summed E-state index contributed by atoms with van der Waals surface area (Å²) in [6.45, 7) is 2.68. The minimum absolute atomic E-state index is 0.0387. The number of nitrogens with zero attached hydrogens (tertiary/aromatic N) is 3. The van der Waals surface area contributed by atoms with Crippen molar-refractivity contribution in [2.75, 3.05) is 18.4 Å². The van der Waals surface area contributed by atoms with Gasteiger partial charge in [-0.25, -0.2) is 4.98 Å². The molecule has 1 heterocycles. The van der Waals surface area contributed by atoms with Crippen LogP contribution in [-0.2, 0) is 0 Å². The van der Waals surface area contributed by atoms with Gasteiger partial charge in [0.05, 0.1) is 16.8 Å². The van der Waals surface area contributed by atoms with Gasteiger partial charge in [-0.05, 0) is 19.1 Å². The van der Waals surface area contributed by atoms with Crippen LogP contribution < -0.4 is 10.6 Å². The molecule has 0 saturated heterocycles. The molecule has 0 aliphatic carbocycles. The van der Waals surface area contributed by atoms with E-state index in [4.69, 9.17) is 0 Å². The minimum Gasteiger partial charge on any atom is -0.383 e. The molecule has 1 amide bonds. The van der Waals surface area contributed by atoms with Crippen LogP contribution in [0.5, 0.6) is 0 Å². The molecule has 2 aromatic rings. The Kier molecular flexibility index (Phi) is 4.97. The summed E-state index contributed by atoms with van der Waals surface area (Å²) in [6, 6.07) is 6.07. The number of amides is 1. The van der Waals surface area contributed by atoms with Crippen LogP contribution in [-0.4, -0.2) is 33.9 Å². The Hall–Kier alpha value is -3.03. The number of nitrogens with one attached hydrogen (secondary N) is 2. The Bertz CT molecular complexity index is 655. The van der Waals surface area contributed by atoms with Crippen LogP contribution in [0.2, 0.25) is 0 Å². The van der Waals surface area contributed by atoms with Gasteiger partial charge in [0, 0.05) is 37.1 Å². The van der Waals surface area contributed by atoms with Crippen molar-refractivity contribution in [1.29, 1.82) is 0 Å². The lowest BCUT2D eigenvalue weighted by Crippen LogP contribution is -2.29. The molecule has 2 N–H and O–H groups in total. The Balaban J connectivity index is 1.75. The van der Waals surface area contributed by atoms with Crippen molar-refractivity contribution >= 4 is 17.3 Å². The highest BCUT2D eigenvalue weighted by atomic mass is 16.6. The Morgan fingerprint density at radius 1 is 1.18 bits per heavy atom. The molecule has 0 spiro atoms. The summed E-state index contributed by atoms with van der Waals surface area (Å²) in [5.74, 6) is -0.294. The third-order valence-corrected chi connectivity index (χ3v) is 2.83. The number of aryl methyl sites for hydroxylation is 1. The third kappa shape index (κ3) is 4.23. The highest BCUT2D eigenvalue weighted by Gasteiger charge is 2.06. The molecule has 0 unspecified atom stereocenters. The first-order valence-electron chi connectivity index (χ1n) is 6.61. The van der Waals surface area contributed by atoms with Crippen molar-refractivity contribution in [3.8, 4) is 0 Å². The monoisotopic (exact) mass is 301 g/mol. The summed E-state index contributed by atoms with van der Waals surface area (Å²) in [4.78, 5) is 29.8. The van der Waals surface area contributed by atoms with Gasteiger partial charge in [0.1, 0.15) is 5.69 Å². The molecule has 114 valence electrons. The van der Waals surface area contributed by atoms with Crippen molar-refractivity contribution in [2.24, 2.45) is 0 Å². The Morgan fingerprint density at radius 3 is 2.50 bits per heavy atom. The number of nitro groups is 1. The van der Waals surface area contributed by atoms with Gasteiger partial charge in [0.2, 0.25) is 0 Å². The number of nitro benzene ring substituents is 1. The predicted molar refractivity (Wildman–Crippen MR) is 80.7 cm³/mol. The number of hydrogen-bond acceptors (Lipinski definition) is 6. The number of carbonyl (C=O) groups excluding carboxylic acids is 1. The Morgan fingerprint density at radius 2 is 1.91 bits per heavy atom. The molecule has 0 fully saturated rings. The molecule has 0 saturated carbocycles. The highest BCUT2D eigenvalue weighted by molar-refractivity contribution is 5.91. The van der Waals surface area contributed by atoms with E-state index < -0.39 is 4.92 Å². The normalized spacial score (nSPS) is 10.0. The van der Waals surface area contributed by atoms with Crippen LogP contribution in [0.15, 0.2) is 36.7 Å². The van der Waals surface area contributed by atoms with E-state index in [1.54, 1.807) is 19.1 Å². The molecule has 8 heteroatoms. The van der Waals surface area contributed by atoms with Crippen LogP contribution in [0.25, 0.3) is 0 Å². The number of anilines is 1. The zero-order chi connectivity index (χ0) is 15.9. The molecule has 0 radical (unpaired) electrons. The summed E-state index contributed by atoms with van der Waals surface area (Å²) in [6.07, 6.45) is 2.96. The highest BCUT2D eigenvalue weighted by Crippen LogP contribution is 2.14. The fourth-order valence-electron chi connectivity index (χ4n) is 1.68. The van der Waals surface area contributed by atoms with Gasteiger partial charge in [0.15, 0.2) is 0 Å². The summed E-state index contributed by atoms with van der Waals surface area (Å²) in [5, 5.41) is 16.3. The number of carbonyl (C=O) groups is 1. The first kappa shape index (κ1) is 15.4. The second-order valence-electron chi connectivity index (χ2n) is 4.53. The molecule has 0 atom stereocenters. The fraction of sp³-hybridized carbons (Fsp3) is 0.214. The smallest absolute Gasteiger partial charge is 0.271 e. The number of rotatable bonds is 6. The first-order valence-corrected chi connectivity index (χ1v) is 6.61. The number of hydrogen-bond donors (Lipinski definition) is 2. The van der Waals surface area contributed by atoms with Gasteiger partial charge in [-0.2, -0.15) is 0 Å². The lowest BCUT2D eigenvalue weighted by Gasteiger charge is -2.07. The molecule has 22 heavy (non-hydrogen) atoms. The van der Waals surface area contributed by atoms with Gasteiger partial charge < -0.3 is 10.6 Å². The van der Waals surface area contributed by atoms with Crippen molar-refractivity contribution in [3.63, 3.8) is 0 Å². The van der Waals surface area contributed by atoms with Crippen LogP contribution in [0.1, 0.15) is 16.2 Å². The topological polar surface area (TPSA) is 110 Å². The van der Waals surface area contributed by atoms with E-state index in [-0.39, 0.29) is 17.3 Å². The van der Waals surface area contributed by atoms with Gasteiger partial charge in [0.25, 0.3) is 11.6 Å². The van der Waals surface area contributed by atoms with E-state index >= 15 is 0 Å². The van der Waals surface area contributed by atoms with E-state index in [1.165, 1.54) is 24.5 Å². The molecule has 2 rings (SSSR count). The second-order valence-corrected chi connectivity index (χ2v) is 4.53. The molecular formula is C14H15N5O3. The van der Waals surface area contributed by atoms with Crippen LogP contribution >= 0.6 is 0 Å². The number of non-ortho nitro benzene ring substituents is 1. The average Bonchev–Trinajstić information content (AvgIpc) is 2.52. The van der Waals surface area contributed by atoms with Crippen LogP contribution in [0.4, 0.5) is 11.4 Å². The van der Waals surface area contributed by atoms with Gasteiger partial charge in [-0.1, -0.05) is 0 Å². The zero-order valence-electron chi connectivity index (χ0n) is 11.9. The van der Waals surface area contributed by atoms with Crippen molar-refractivity contribution in [3.05, 3.63) is 58.2 Å². The quantitative estimate of drug-likeness (QED) is 0.475. The second kappa shape index (κ2) is 7.11. The molecule has 0 bridgehead atoms. The summed E-state index contributed by atoms with van der Waals surface area (Å²) in [7, 11) is 0. The maximum Gasteiger partial charge on any atom is 0.271 e. The minimum atomic E-state index is -0.452. The number of benzene rings is 1. The molecule has 0 aliphatic rings. The fourth-order valence-corrected chi connectivity index (χ4v) is 1.68. The lowest BCUT2D eigenvalue weighted by atomic mass is 10.3. The molecule has 8 nitrogen and oxygen atoms in total. The SMILES string of the molecule is Cc1cnc(C(=O)NCCNc2ccc([N+](=O)[O-])cc2)cn1. The van der Waals surface area contributed by atoms with E-state index in [9.17, 15) is 14.9 Å². The third-order valence-electron chi connectivity index (χ3n) is 2.83. The van der Waals surface area contributed by atoms with Crippen LogP contribution in [0, 0.1) is 17.0 Å². The van der Waals surface area contributed by atoms with Crippen LogP contribution in [0.3, 0.4) is 0 Å². The molecular weight excluding hydrogens is 286 g/mol. The predicted octanol–water partition coefficient (Wildman–Crippen LogP) is 1.54.